The van der Waals surface area contributed by atoms with E-state index in [2.05, 4.69) is 26.8 Å². The lowest BCUT2D eigenvalue weighted by molar-refractivity contribution is -0.109. The zero-order chi connectivity index (χ0) is 18.4. The lowest BCUT2D eigenvalue weighted by Gasteiger charge is -2.30. The minimum Gasteiger partial charge on any atom is -0.387 e. The van der Waals surface area contributed by atoms with Gasteiger partial charge in [0.1, 0.15) is 29.7 Å². The Morgan fingerprint density at radius 3 is 2.80 bits per heavy atom. The molecule has 25 heavy (non-hydrogen) atoms. The molecule has 0 bridgehead atoms. The number of nitrogen functional groups attached to an aromatic ring is 1. The molecule has 1 saturated heterocycles. The maximum absolute atomic E-state index is 10.9. The molecule has 1 aliphatic heterocycles. The number of aromatic nitrogens is 4. The molecule has 0 saturated carbocycles. The van der Waals surface area contributed by atoms with Gasteiger partial charge in [-0.2, -0.15) is 0 Å². The summed E-state index contributed by atoms with van der Waals surface area (Å²) in [5.74, 6) is 0.170. The number of nitrogens with two attached hydrogens (primary N) is 1. The SMILES string of the molecule is CC[C@@]1(O)[C@H](O)[C@@H](COP(O)(O)=S)O[C@H]1n1cnc2c(N)ncnc21. The zero-order valence-corrected chi connectivity index (χ0v) is 14.8. The van der Waals surface area contributed by atoms with Gasteiger partial charge < -0.3 is 35.0 Å². The molecule has 13 heteroatoms. The number of hydrogen-bond donors (Lipinski definition) is 5. The molecule has 0 aromatic carbocycles. The number of ether oxygens (including phenoxy) is 1. The monoisotopic (exact) mass is 391 g/mol. The third kappa shape index (κ3) is 3.27. The van der Waals surface area contributed by atoms with E-state index in [1.54, 1.807) is 6.92 Å². The zero-order valence-electron chi connectivity index (χ0n) is 13.1. The number of anilines is 1. The molecule has 6 N–H and O–H groups in total. The van der Waals surface area contributed by atoms with Crippen LogP contribution in [-0.2, 0) is 21.1 Å². The van der Waals surface area contributed by atoms with Crippen LogP contribution in [0.15, 0.2) is 12.7 Å². The Kier molecular flexibility index (Phi) is 4.81. The lowest BCUT2D eigenvalue weighted by atomic mass is 9.91. The third-order valence-corrected chi connectivity index (χ3v) is 5.01. The van der Waals surface area contributed by atoms with Crippen molar-refractivity contribution in [2.75, 3.05) is 12.3 Å². The van der Waals surface area contributed by atoms with E-state index >= 15 is 0 Å². The second kappa shape index (κ2) is 6.49. The van der Waals surface area contributed by atoms with Gasteiger partial charge in [0.2, 0.25) is 0 Å². The van der Waals surface area contributed by atoms with Crippen LogP contribution in [0.4, 0.5) is 5.82 Å². The molecule has 3 heterocycles. The highest BCUT2D eigenvalue weighted by Gasteiger charge is 2.55. The van der Waals surface area contributed by atoms with Crippen LogP contribution in [0.5, 0.6) is 0 Å². The van der Waals surface area contributed by atoms with Crippen molar-refractivity contribution in [2.45, 2.75) is 37.4 Å². The smallest absolute Gasteiger partial charge is 0.321 e. The normalized spacial score (nSPS) is 30.2. The highest BCUT2D eigenvalue weighted by molar-refractivity contribution is 8.06. The Morgan fingerprint density at radius 2 is 2.16 bits per heavy atom. The predicted octanol–water partition coefficient (Wildman–Crippen LogP) is -0.966. The summed E-state index contributed by atoms with van der Waals surface area (Å²) in [6.45, 7) is -2.64. The van der Waals surface area contributed by atoms with E-state index in [-0.39, 0.29) is 12.2 Å². The van der Waals surface area contributed by atoms with Gasteiger partial charge in [-0.25, -0.2) is 15.0 Å². The van der Waals surface area contributed by atoms with Crippen LogP contribution >= 0.6 is 6.72 Å². The largest absolute Gasteiger partial charge is 0.387 e. The molecule has 4 atom stereocenters. The summed E-state index contributed by atoms with van der Waals surface area (Å²) in [5.41, 5.74) is 4.73. The van der Waals surface area contributed by atoms with Crippen molar-refractivity contribution in [3.63, 3.8) is 0 Å². The van der Waals surface area contributed by atoms with Gasteiger partial charge in [-0.1, -0.05) is 6.92 Å². The van der Waals surface area contributed by atoms with E-state index < -0.39 is 37.4 Å². The van der Waals surface area contributed by atoms with Gasteiger partial charge in [0.05, 0.1) is 12.9 Å². The number of aliphatic hydroxyl groups excluding tert-OH is 1. The molecular weight excluding hydrogens is 373 g/mol. The molecule has 0 aliphatic carbocycles. The van der Waals surface area contributed by atoms with Crippen LogP contribution in [-0.4, -0.2) is 63.9 Å². The molecule has 0 unspecified atom stereocenters. The van der Waals surface area contributed by atoms with Crippen molar-refractivity contribution in [1.29, 1.82) is 0 Å². The van der Waals surface area contributed by atoms with Crippen LogP contribution in [0.3, 0.4) is 0 Å². The first kappa shape index (κ1) is 18.5. The quantitative estimate of drug-likeness (QED) is 0.398. The average molecular weight is 391 g/mol. The standard InChI is InChI=1S/C12H18N5O6PS/c1-2-12(19)8(18)6(3-22-24(20,21)25)23-11(12)17-5-16-7-9(13)14-4-15-10(7)17/h4-6,8,11,18-19H,2-3H2,1H3,(H2,13,14,15)(H2,20,21,25)/t6-,8-,11-,12-/m1/s1. The highest BCUT2D eigenvalue weighted by atomic mass is 32.5. The van der Waals surface area contributed by atoms with Crippen LogP contribution in [0.25, 0.3) is 11.2 Å². The molecule has 11 nitrogen and oxygen atoms in total. The molecule has 0 spiro atoms. The van der Waals surface area contributed by atoms with Gasteiger partial charge in [-0.05, 0) is 18.2 Å². The van der Waals surface area contributed by atoms with E-state index in [0.29, 0.717) is 11.2 Å². The second-order valence-corrected chi connectivity index (χ2v) is 8.35. The first-order valence-corrected chi connectivity index (χ1v) is 9.99. The number of rotatable bonds is 5. The molecule has 138 valence electrons. The van der Waals surface area contributed by atoms with E-state index in [0.717, 1.165) is 0 Å². The summed E-state index contributed by atoms with van der Waals surface area (Å²) >= 11 is 4.38. The maximum Gasteiger partial charge on any atom is 0.321 e. The van der Waals surface area contributed by atoms with Crippen molar-refractivity contribution < 1.29 is 29.3 Å². The van der Waals surface area contributed by atoms with Gasteiger partial charge >= 0.3 is 6.72 Å². The first-order valence-electron chi connectivity index (χ1n) is 7.36. The number of fused-ring (bicyclic) bond motifs is 1. The van der Waals surface area contributed by atoms with Gasteiger partial charge in [0.25, 0.3) is 0 Å². The van der Waals surface area contributed by atoms with Crippen molar-refractivity contribution in [3.8, 4) is 0 Å². The highest BCUT2D eigenvalue weighted by Crippen LogP contribution is 2.44. The summed E-state index contributed by atoms with van der Waals surface area (Å²) in [6, 6.07) is 0. The van der Waals surface area contributed by atoms with Crippen molar-refractivity contribution >= 4 is 35.5 Å². The number of aliphatic hydroxyl groups is 2. The number of hydrogen-bond acceptors (Lipinski definition) is 9. The van der Waals surface area contributed by atoms with Crippen molar-refractivity contribution in [2.24, 2.45) is 0 Å². The van der Waals surface area contributed by atoms with Crippen LogP contribution < -0.4 is 5.73 Å². The molecule has 1 aliphatic rings. The topological polar surface area (TPSA) is 169 Å². The fraction of sp³-hybridized carbons (Fsp3) is 0.583. The van der Waals surface area contributed by atoms with E-state index in [1.807, 2.05) is 0 Å². The Hall–Kier alpha value is -1.24. The summed E-state index contributed by atoms with van der Waals surface area (Å²) in [5, 5.41) is 21.4. The molecule has 0 amide bonds. The molecule has 1 fully saturated rings. The summed E-state index contributed by atoms with van der Waals surface area (Å²) < 4.78 is 11.9. The Labute approximate surface area is 147 Å². The summed E-state index contributed by atoms with van der Waals surface area (Å²) in [6.07, 6.45) is -0.675. The molecule has 0 radical (unpaired) electrons. The Bertz CT molecular complexity index is 829. The van der Waals surface area contributed by atoms with Gasteiger partial charge in [-0.3, -0.25) is 4.57 Å². The van der Waals surface area contributed by atoms with Crippen molar-refractivity contribution in [3.05, 3.63) is 12.7 Å². The molecule has 3 rings (SSSR count). The predicted molar refractivity (Wildman–Crippen MR) is 89.6 cm³/mol. The average Bonchev–Trinajstić information content (AvgIpc) is 3.07. The summed E-state index contributed by atoms with van der Waals surface area (Å²) in [4.78, 5) is 30.4. The van der Waals surface area contributed by atoms with Crippen LogP contribution in [0.1, 0.15) is 19.6 Å². The van der Waals surface area contributed by atoms with Gasteiger partial charge in [0.15, 0.2) is 17.7 Å². The third-order valence-electron chi connectivity index (χ3n) is 4.21. The van der Waals surface area contributed by atoms with Crippen molar-refractivity contribution in [1.82, 2.24) is 19.5 Å². The Balaban J connectivity index is 1.96. The minimum atomic E-state index is -3.92. The molecule has 2 aromatic heterocycles. The first-order chi connectivity index (χ1) is 11.7. The van der Waals surface area contributed by atoms with Crippen LogP contribution in [0, 0.1) is 0 Å². The van der Waals surface area contributed by atoms with E-state index in [1.165, 1.54) is 17.2 Å². The maximum atomic E-state index is 10.9. The second-order valence-electron chi connectivity index (χ2n) is 5.69. The summed E-state index contributed by atoms with van der Waals surface area (Å²) in [7, 11) is 0. The fourth-order valence-corrected chi connectivity index (χ4v) is 3.38. The van der Waals surface area contributed by atoms with E-state index in [4.69, 9.17) is 15.0 Å². The minimum absolute atomic E-state index is 0.141. The van der Waals surface area contributed by atoms with Gasteiger partial charge in [-0.15, -0.1) is 0 Å². The Morgan fingerprint density at radius 1 is 1.44 bits per heavy atom. The lowest BCUT2D eigenvalue weighted by Crippen LogP contribution is -2.46. The van der Waals surface area contributed by atoms with Crippen LogP contribution in [0.2, 0.25) is 0 Å². The number of nitrogens with zero attached hydrogens (tertiary/aromatic N) is 4. The van der Waals surface area contributed by atoms with E-state index in [9.17, 15) is 20.0 Å². The number of imidazole rings is 1. The molecular formula is C12H18N5O6PS. The fourth-order valence-electron chi connectivity index (χ4n) is 2.86. The van der Waals surface area contributed by atoms with Gasteiger partial charge in [0, 0.05) is 0 Å². The molecule has 2 aromatic rings.